The van der Waals surface area contributed by atoms with Gasteiger partial charge in [-0.2, -0.15) is 0 Å². The summed E-state index contributed by atoms with van der Waals surface area (Å²) in [6, 6.07) is 21.6. The van der Waals surface area contributed by atoms with E-state index in [2.05, 4.69) is 16.4 Å². The second-order valence-electron chi connectivity index (χ2n) is 8.03. The average molecular weight is 497 g/mol. The Kier molecular flexibility index (Phi) is 9.93. The van der Waals surface area contributed by atoms with E-state index < -0.39 is 18.2 Å². The first kappa shape index (κ1) is 26.8. The maximum Gasteiger partial charge on any atom is 0.332 e. The molecule has 192 valence electrons. The summed E-state index contributed by atoms with van der Waals surface area (Å²) in [4.78, 5) is 12.8. The van der Waals surface area contributed by atoms with Gasteiger partial charge in [0.05, 0.1) is 12.6 Å². The van der Waals surface area contributed by atoms with Crippen molar-refractivity contribution >= 4 is 27.8 Å². The van der Waals surface area contributed by atoms with Crippen LogP contribution < -0.4 is 19.5 Å². The van der Waals surface area contributed by atoms with Gasteiger partial charge in [-0.3, -0.25) is 0 Å². The highest BCUT2D eigenvalue weighted by atomic mass is 16.5. The van der Waals surface area contributed by atoms with E-state index in [0.717, 1.165) is 27.6 Å². The summed E-state index contributed by atoms with van der Waals surface area (Å²) in [6.45, 7) is 2.90. The Morgan fingerprint density at radius 1 is 0.917 bits per heavy atom. The number of fused-ring (bicyclic) bond motifs is 3. The van der Waals surface area contributed by atoms with E-state index in [9.17, 15) is 9.90 Å². The van der Waals surface area contributed by atoms with Crippen LogP contribution in [-0.4, -0.2) is 71.9 Å². The fourth-order valence-corrected chi connectivity index (χ4v) is 3.47. The van der Waals surface area contributed by atoms with E-state index in [1.807, 2.05) is 60.7 Å². The van der Waals surface area contributed by atoms with Gasteiger partial charge in [-0.15, -0.1) is 0 Å². The number of hydrogen-bond donors (Lipinski definition) is 5. The normalized spacial score (nSPS) is 12.4. The lowest BCUT2D eigenvalue weighted by Gasteiger charge is -2.15. The van der Waals surface area contributed by atoms with Crippen LogP contribution in [0.4, 0.5) is 0 Å². The topological polar surface area (TPSA) is 133 Å². The lowest BCUT2D eigenvalue weighted by molar-refractivity contribution is -0.145. The number of nitrogens with one attached hydrogen (secondary N) is 2. The largest absolute Gasteiger partial charge is 0.493 e. The van der Waals surface area contributed by atoms with Crippen LogP contribution in [0, 0.1) is 0 Å². The molecule has 0 aliphatic carbocycles. The van der Waals surface area contributed by atoms with E-state index in [1.54, 1.807) is 7.11 Å². The fraction of sp³-hybridized carbons (Fsp3) is 0.296. The van der Waals surface area contributed by atoms with E-state index in [-0.39, 0.29) is 6.61 Å². The molecule has 0 bridgehead atoms. The molecular weight excluding hydrogens is 464 g/mol. The highest BCUT2D eigenvalue weighted by molar-refractivity contribution is 6.10. The number of aromatic nitrogens is 1. The van der Waals surface area contributed by atoms with E-state index in [4.69, 9.17) is 24.4 Å². The van der Waals surface area contributed by atoms with E-state index in [0.29, 0.717) is 31.2 Å². The van der Waals surface area contributed by atoms with Gasteiger partial charge in [-0.1, -0.05) is 36.4 Å². The van der Waals surface area contributed by atoms with Crippen LogP contribution in [0.5, 0.6) is 17.2 Å². The molecule has 36 heavy (non-hydrogen) atoms. The summed E-state index contributed by atoms with van der Waals surface area (Å²) in [5, 5.41) is 31.4. The zero-order chi connectivity index (χ0) is 25.9. The summed E-state index contributed by atoms with van der Waals surface area (Å²) in [7, 11) is 1.62. The minimum atomic E-state index is -1.23. The van der Waals surface area contributed by atoms with Crippen LogP contribution in [-0.2, 0) is 4.79 Å². The molecule has 9 heteroatoms. The van der Waals surface area contributed by atoms with Gasteiger partial charge in [-0.25, -0.2) is 4.79 Å². The van der Waals surface area contributed by atoms with Crippen molar-refractivity contribution in [2.24, 2.45) is 0 Å². The lowest BCUT2D eigenvalue weighted by Crippen LogP contribution is -2.33. The van der Waals surface area contributed by atoms with Gasteiger partial charge in [-0.05, 0) is 37.3 Å². The van der Waals surface area contributed by atoms with Gasteiger partial charge < -0.3 is 39.8 Å². The fourth-order valence-electron chi connectivity index (χ4n) is 3.47. The highest BCUT2D eigenvalue weighted by Gasteiger charge is 2.11. The number of ether oxygens (including phenoxy) is 3. The molecule has 4 rings (SSSR count). The summed E-state index contributed by atoms with van der Waals surface area (Å²) >= 11 is 0. The number of aliphatic hydroxyl groups is 2. The van der Waals surface area contributed by atoms with Gasteiger partial charge in [0.1, 0.15) is 31.2 Å². The number of aliphatic hydroxyl groups excluding tert-OH is 2. The number of para-hydroxylation sites is 3. The summed E-state index contributed by atoms with van der Waals surface area (Å²) in [5.41, 5.74) is 2.09. The SMILES string of the molecule is CC(O)C(=O)O.COc1ccccc1OCCNCC(O)COc1cccc2[nH]c3ccccc3c12. The van der Waals surface area contributed by atoms with E-state index in [1.165, 1.54) is 6.92 Å². The van der Waals surface area contributed by atoms with Gasteiger partial charge in [0.2, 0.25) is 0 Å². The molecule has 0 saturated heterocycles. The number of H-pyrrole nitrogens is 1. The standard InChI is InChI=1S/C24H26N2O4.C3H6O3/c1-28-21-10-4-5-11-22(21)29-14-13-25-15-17(27)16-30-23-12-6-9-20-24(23)18-7-2-3-8-19(18)26-20;1-2(4)3(5)6/h2-12,17,25-27H,13-16H2,1H3;2,4H,1H3,(H,5,6). The zero-order valence-corrected chi connectivity index (χ0v) is 20.3. The van der Waals surface area contributed by atoms with Crippen LogP contribution >= 0.6 is 0 Å². The molecule has 2 atom stereocenters. The Morgan fingerprint density at radius 3 is 2.28 bits per heavy atom. The number of aromatic amines is 1. The maximum atomic E-state index is 10.3. The first-order chi connectivity index (χ1) is 17.4. The Balaban J connectivity index is 0.000000538. The molecule has 0 aliphatic rings. The Labute approximate surface area is 209 Å². The van der Waals surface area contributed by atoms with Crippen molar-refractivity contribution < 1.29 is 34.3 Å². The number of methoxy groups -OCH3 is 1. The molecule has 5 N–H and O–H groups in total. The monoisotopic (exact) mass is 496 g/mol. The van der Waals surface area contributed by atoms with Crippen LogP contribution in [0.1, 0.15) is 6.92 Å². The number of hydrogen-bond acceptors (Lipinski definition) is 7. The molecule has 0 spiro atoms. The quantitative estimate of drug-likeness (QED) is 0.200. The summed E-state index contributed by atoms with van der Waals surface area (Å²) in [6.07, 6.45) is -1.86. The van der Waals surface area contributed by atoms with Gasteiger partial charge in [0, 0.05) is 29.4 Å². The van der Waals surface area contributed by atoms with Crippen molar-refractivity contribution in [1.29, 1.82) is 0 Å². The molecule has 1 aromatic heterocycles. The number of carbonyl (C=O) groups is 1. The predicted octanol–water partition coefficient (Wildman–Crippen LogP) is 3.19. The average Bonchev–Trinajstić information content (AvgIpc) is 3.27. The van der Waals surface area contributed by atoms with Crippen molar-refractivity contribution in [3.8, 4) is 17.2 Å². The summed E-state index contributed by atoms with van der Waals surface area (Å²) in [5.74, 6) is 0.994. The van der Waals surface area contributed by atoms with Crippen LogP contribution in [0.2, 0.25) is 0 Å². The summed E-state index contributed by atoms with van der Waals surface area (Å²) < 4.78 is 16.9. The van der Waals surface area contributed by atoms with Crippen LogP contribution in [0.25, 0.3) is 21.8 Å². The molecule has 3 aromatic carbocycles. The molecule has 0 radical (unpaired) electrons. The second kappa shape index (κ2) is 13.3. The number of carboxylic acids is 1. The molecular formula is C27H32N2O7. The predicted molar refractivity (Wildman–Crippen MR) is 138 cm³/mol. The maximum absolute atomic E-state index is 10.3. The Morgan fingerprint density at radius 2 is 1.56 bits per heavy atom. The number of aliphatic carboxylic acids is 1. The molecule has 0 fully saturated rings. The minimum absolute atomic E-state index is 0.207. The number of carboxylic acid groups (broad SMARTS) is 1. The molecule has 0 aliphatic heterocycles. The third kappa shape index (κ3) is 7.35. The molecule has 0 saturated carbocycles. The molecule has 0 amide bonds. The zero-order valence-electron chi connectivity index (χ0n) is 20.3. The molecule has 2 unspecified atom stereocenters. The third-order valence-corrected chi connectivity index (χ3v) is 5.27. The van der Waals surface area contributed by atoms with Crippen molar-refractivity contribution in [3.63, 3.8) is 0 Å². The van der Waals surface area contributed by atoms with Crippen LogP contribution in [0.3, 0.4) is 0 Å². The molecule has 4 aromatic rings. The van der Waals surface area contributed by atoms with Crippen molar-refractivity contribution in [2.75, 3.05) is 33.4 Å². The second-order valence-corrected chi connectivity index (χ2v) is 8.03. The number of rotatable bonds is 11. The van der Waals surface area contributed by atoms with Crippen molar-refractivity contribution in [2.45, 2.75) is 19.1 Å². The lowest BCUT2D eigenvalue weighted by atomic mass is 10.1. The third-order valence-electron chi connectivity index (χ3n) is 5.27. The molecule has 9 nitrogen and oxygen atoms in total. The Bertz CT molecular complexity index is 1260. The smallest absolute Gasteiger partial charge is 0.332 e. The van der Waals surface area contributed by atoms with Gasteiger partial charge in [0.15, 0.2) is 11.5 Å². The first-order valence-corrected chi connectivity index (χ1v) is 11.6. The van der Waals surface area contributed by atoms with E-state index >= 15 is 0 Å². The number of benzene rings is 3. The minimum Gasteiger partial charge on any atom is -0.493 e. The Hall–Kier alpha value is -3.79. The first-order valence-electron chi connectivity index (χ1n) is 11.6. The van der Waals surface area contributed by atoms with Gasteiger partial charge in [0.25, 0.3) is 0 Å². The molecule has 1 heterocycles. The van der Waals surface area contributed by atoms with Gasteiger partial charge >= 0.3 is 5.97 Å². The highest BCUT2D eigenvalue weighted by Crippen LogP contribution is 2.33. The van der Waals surface area contributed by atoms with Crippen molar-refractivity contribution in [1.82, 2.24) is 10.3 Å². The van der Waals surface area contributed by atoms with Crippen molar-refractivity contribution in [3.05, 3.63) is 66.7 Å². The van der Waals surface area contributed by atoms with Crippen LogP contribution in [0.15, 0.2) is 66.7 Å².